The van der Waals surface area contributed by atoms with E-state index in [-0.39, 0.29) is 52.8 Å². The number of carbonyl (C=O) groups is 1. The summed E-state index contributed by atoms with van der Waals surface area (Å²) in [5.41, 5.74) is 3.43. The van der Waals surface area contributed by atoms with E-state index < -0.39 is 5.82 Å². The van der Waals surface area contributed by atoms with E-state index >= 15 is 4.39 Å². The zero-order chi connectivity index (χ0) is 31.3. The van der Waals surface area contributed by atoms with Gasteiger partial charge < -0.3 is 19.3 Å². The highest BCUT2D eigenvalue weighted by Crippen LogP contribution is 2.43. The molecule has 2 aromatic heterocycles. The Labute approximate surface area is 260 Å². The van der Waals surface area contributed by atoms with Crippen molar-refractivity contribution in [3.8, 4) is 17.1 Å². The van der Waals surface area contributed by atoms with E-state index in [4.69, 9.17) is 26.1 Å². The van der Waals surface area contributed by atoms with Crippen LogP contribution in [0.15, 0.2) is 30.9 Å². The summed E-state index contributed by atoms with van der Waals surface area (Å²) in [5, 5.41) is 8.90. The second-order valence-corrected chi connectivity index (χ2v) is 12.2. The molecule has 0 radical (unpaired) electrons. The molecule has 0 aliphatic carbocycles. The van der Waals surface area contributed by atoms with Crippen molar-refractivity contribution in [2.45, 2.75) is 45.8 Å². The lowest BCUT2D eigenvalue weighted by molar-refractivity contribution is -0.128. The van der Waals surface area contributed by atoms with Crippen molar-refractivity contribution >= 4 is 45.1 Å². The van der Waals surface area contributed by atoms with Crippen LogP contribution in [0.25, 0.3) is 32.9 Å². The monoisotopic (exact) mass is 621 g/mol. The van der Waals surface area contributed by atoms with Gasteiger partial charge >= 0.3 is 6.01 Å². The number of amides is 1. The smallest absolute Gasteiger partial charge is 0.319 e. The zero-order valence-corrected chi connectivity index (χ0v) is 26.4. The Hall–Kier alpha value is -3.80. The van der Waals surface area contributed by atoms with Crippen LogP contribution in [-0.4, -0.2) is 101 Å². The molecule has 0 bridgehead atoms. The van der Waals surface area contributed by atoms with Gasteiger partial charge in [0.05, 0.1) is 35.5 Å². The molecule has 2 aliphatic heterocycles. The third kappa shape index (κ3) is 5.27. The Kier molecular flexibility index (Phi) is 8.21. The first-order valence-corrected chi connectivity index (χ1v) is 15.2. The molecule has 2 aromatic carbocycles. The van der Waals surface area contributed by atoms with E-state index in [0.29, 0.717) is 43.1 Å². The number of hydrogen-bond acceptors (Lipinski definition) is 8. The van der Waals surface area contributed by atoms with Crippen molar-refractivity contribution in [2.75, 3.05) is 51.4 Å². The van der Waals surface area contributed by atoms with Crippen LogP contribution in [0.3, 0.4) is 0 Å². The Morgan fingerprint density at radius 1 is 1.23 bits per heavy atom. The molecule has 4 aromatic rings. The number of piperazine rings is 1. The van der Waals surface area contributed by atoms with Gasteiger partial charge in [0.1, 0.15) is 17.9 Å². The number of aromatic nitrogens is 4. The molecule has 1 amide bonds. The fourth-order valence-corrected chi connectivity index (χ4v) is 6.59. The van der Waals surface area contributed by atoms with Gasteiger partial charge in [-0.2, -0.15) is 15.1 Å². The number of fused-ring (bicyclic) bond motifs is 2. The quantitative estimate of drug-likeness (QED) is 0.304. The van der Waals surface area contributed by atoms with Crippen LogP contribution in [0.1, 0.15) is 25.1 Å². The predicted molar refractivity (Wildman–Crippen MR) is 170 cm³/mol. The summed E-state index contributed by atoms with van der Waals surface area (Å²) in [7, 11) is 2.02. The van der Waals surface area contributed by atoms with Crippen molar-refractivity contribution in [1.29, 1.82) is 0 Å². The number of hydrogen-bond donors (Lipinski definition) is 1. The number of benzene rings is 2. The van der Waals surface area contributed by atoms with Crippen LogP contribution in [0.2, 0.25) is 5.02 Å². The van der Waals surface area contributed by atoms with Crippen molar-refractivity contribution < 1.29 is 18.7 Å². The molecular weight excluding hydrogens is 585 g/mol. The maximum absolute atomic E-state index is 17.0. The fourth-order valence-electron chi connectivity index (χ4n) is 6.30. The molecule has 1 N–H and O–H groups in total. The van der Waals surface area contributed by atoms with E-state index in [2.05, 4.69) is 31.6 Å². The van der Waals surface area contributed by atoms with Crippen LogP contribution in [0.5, 0.6) is 6.01 Å². The molecule has 10 nitrogen and oxygen atoms in total. The Morgan fingerprint density at radius 2 is 2.02 bits per heavy atom. The maximum atomic E-state index is 17.0. The highest BCUT2D eigenvalue weighted by atomic mass is 35.5. The largest absolute Gasteiger partial charge is 0.462 e. The van der Waals surface area contributed by atoms with Crippen molar-refractivity contribution in [1.82, 2.24) is 30.0 Å². The number of halogens is 2. The molecule has 0 spiro atoms. The molecule has 0 saturated carbocycles. The number of aryl methyl sites for hydroxylation is 2. The molecule has 0 unspecified atom stereocenters. The second-order valence-electron chi connectivity index (χ2n) is 11.8. The van der Waals surface area contributed by atoms with E-state index in [0.717, 1.165) is 28.7 Å². The van der Waals surface area contributed by atoms with E-state index in [1.807, 2.05) is 46.9 Å². The number of aromatic amines is 1. The predicted octanol–water partition coefficient (Wildman–Crippen LogP) is 4.90. The van der Waals surface area contributed by atoms with Gasteiger partial charge in [0, 0.05) is 53.6 Å². The summed E-state index contributed by atoms with van der Waals surface area (Å²) >= 11 is 6.95. The highest BCUT2D eigenvalue weighted by molar-refractivity contribution is 6.35. The number of morpholine rings is 1. The summed E-state index contributed by atoms with van der Waals surface area (Å²) in [5.74, 6) is -0.182. The minimum absolute atomic E-state index is 0.00819. The van der Waals surface area contributed by atoms with E-state index in [1.54, 1.807) is 11.0 Å². The standard InChI is InChI=1S/C32H37ClFN7O3/c1-7-25(42)40-13-19(4)41(14-18(40)3)31-22-12-23(33)28(26-17(2)8-9-24-27(26)20(5)37-38-24)29(34)30(22)35-32(36-31)44-16-21-15-43-11-10-39(21)6/h7-9,12,18-19,21H,1,10-11,13-16H2,2-6H3,(H,37,38)/t18-,19+,21-/m1/s1. The Morgan fingerprint density at radius 3 is 2.77 bits per heavy atom. The fraction of sp³-hybridized carbons (Fsp3) is 0.438. The number of H-pyrrole nitrogens is 1. The summed E-state index contributed by atoms with van der Waals surface area (Å²) in [6.07, 6.45) is 1.33. The van der Waals surface area contributed by atoms with Gasteiger partial charge in [0.25, 0.3) is 0 Å². The lowest BCUT2D eigenvalue weighted by Gasteiger charge is -2.44. The number of rotatable bonds is 6. The summed E-state index contributed by atoms with van der Waals surface area (Å²) in [6.45, 7) is 14.6. The second kappa shape index (κ2) is 11.9. The third-order valence-corrected chi connectivity index (χ3v) is 9.15. The topological polar surface area (TPSA) is 99.7 Å². The number of anilines is 1. The first-order chi connectivity index (χ1) is 21.1. The van der Waals surface area contributed by atoms with Crippen LogP contribution in [-0.2, 0) is 9.53 Å². The Bertz CT molecular complexity index is 1760. The molecule has 6 rings (SSSR count). The minimum atomic E-state index is -0.559. The summed E-state index contributed by atoms with van der Waals surface area (Å²) in [6, 6.07) is 5.40. The Balaban J connectivity index is 1.51. The number of carbonyl (C=O) groups excluding carboxylic acids is 1. The van der Waals surface area contributed by atoms with Crippen molar-refractivity contribution in [3.05, 3.63) is 53.0 Å². The zero-order valence-electron chi connectivity index (χ0n) is 25.7. The molecule has 232 valence electrons. The number of nitrogens with one attached hydrogen (secondary N) is 1. The van der Waals surface area contributed by atoms with Crippen molar-refractivity contribution in [2.24, 2.45) is 0 Å². The molecule has 12 heteroatoms. The molecule has 3 atom stereocenters. The van der Waals surface area contributed by atoms with Gasteiger partial charge in [-0.3, -0.25) is 14.8 Å². The number of likely N-dealkylation sites (N-methyl/N-ethyl adjacent to an activating group) is 1. The van der Waals surface area contributed by atoms with Crippen molar-refractivity contribution in [3.63, 3.8) is 0 Å². The first-order valence-electron chi connectivity index (χ1n) is 14.8. The SMILES string of the molecule is C=CC(=O)N1C[C@H](C)N(c2nc(OC[C@H]3COCCN3C)nc3c(F)c(-c4c(C)ccc5[nH]nc(C)c45)c(Cl)cc23)C[C@H]1C. The number of nitrogens with zero attached hydrogens (tertiary/aromatic N) is 6. The average molecular weight is 622 g/mol. The van der Waals surface area contributed by atoms with Gasteiger partial charge in [-0.15, -0.1) is 0 Å². The van der Waals surface area contributed by atoms with Crippen LogP contribution in [0.4, 0.5) is 10.2 Å². The van der Waals surface area contributed by atoms with Crippen LogP contribution < -0.4 is 9.64 Å². The lowest BCUT2D eigenvalue weighted by atomic mass is 9.94. The third-order valence-electron chi connectivity index (χ3n) is 8.85. The van der Waals surface area contributed by atoms with Gasteiger partial charge in [-0.25, -0.2) is 4.39 Å². The normalized spacial score (nSPS) is 21.3. The van der Waals surface area contributed by atoms with Gasteiger partial charge in [0.2, 0.25) is 5.91 Å². The van der Waals surface area contributed by atoms with E-state index in [1.165, 1.54) is 6.08 Å². The highest BCUT2D eigenvalue weighted by Gasteiger charge is 2.34. The molecule has 44 heavy (non-hydrogen) atoms. The summed E-state index contributed by atoms with van der Waals surface area (Å²) < 4.78 is 28.8. The first kappa shape index (κ1) is 30.2. The molecule has 2 fully saturated rings. The lowest BCUT2D eigenvalue weighted by Crippen LogP contribution is -2.58. The molecule has 4 heterocycles. The molecule has 2 saturated heterocycles. The van der Waals surface area contributed by atoms with Crippen LogP contribution >= 0.6 is 11.6 Å². The van der Waals surface area contributed by atoms with Gasteiger partial charge in [-0.05, 0) is 58.5 Å². The van der Waals surface area contributed by atoms with Gasteiger partial charge in [-0.1, -0.05) is 24.2 Å². The maximum Gasteiger partial charge on any atom is 0.319 e. The average Bonchev–Trinajstić information content (AvgIpc) is 3.38. The van der Waals surface area contributed by atoms with E-state index in [9.17, 15) is 4.79 Å². The number of ether oxygens (including phenoxy) is 2. The molecular formula is C32H37ClFN7O3. The minimum Gasteiger partial charge on any atom is -0.462 e. The van der Waals surface area contributed by atoms with Crippen LogP contribution in [0, 0.1) is 19.7 Å². The molecule has 2 aliphatic rings. The summed E-state index contributed by atoms with van der Waals surface area (Å²) in [4.78, 5) is 28.0. The van der Waals surface area contributed by atoms with Gasteiger partial charge in [0.15, 0.2) is 5.82 Å².